The van der Waals surface area contributed by atoms with Crippen LogP contribution in [0.3, 0.4) is 0 Å². The van der Waals surface area contributed by atoms with Gasteiger partial charge in [-0.3, -0.25) is 0 Å². The van der Waals surface area contributed by atoms with Crippen LogP contribution in [0.2, 0.25) is 0 Å². The zero-order chi connectivity index (χ0) is 12.1. The SMILES string of the molecule is CCCCCN(C)CCOCCOCCC. The predicted octanol–water partition coefficient (Wildman–Crippen LogP) is 2.55. The van der Waals surface area contributed by atoms with Crippen LogP contribution in [-0.2, 0) is 9.47 Å². The Morgan fingerprint density at radius 1 is 0.750 bits per heavy atom. The fraction of sp³-hybridized carbons (Fsp3) is 1.00. The van der Waals surface area contributed by atoms with E-state index in [1.165, 1.54) is 25.8 Å². The van der Waals surface area contributed by atoms with Gasteiger partial charge in [-0.2, -0.15) is 0 Å². The summed E-state index contributed by atoms with van der Waals surface area (Å²) in [5.74, 6) is 0. The lowest BCUT2D eigenvalue weighted by molar-refractivity contribution is 0.0410. The smallest absolute Gasteiger partial charge is 0.0701 e. The Morgan fingerprint density at radius 3 is 2.06 bits per heavy atom. The van der Waals surface area contributed by atoms with Gasteiger partial charge in [0.25, 0.3) is 0 Å². The molecule has 98 valence electrons. The first kappa shape index (κ1) is 15.9. The Bertz CT molecular complexity index is 131. The topological polar surface area (TPSA) is 21.7 Å². The van der Waals surface area contributed by atoms with Crippen LogP contribution in [0.25, 0.3) is 0 Å². The Kier molecular flexibility index (Phi) is 12.9. The zero-order valence-electron chi connectivity index (χ0n) is 11.3. The van der Waals surface area contributed by atoms with E-state index in [-0.39, 0.29) is 0 Å². The largest absolute Gasteiger partial charge is 0.379 e. The summed E-state index contributed by atoms with van der Waals surface area (Å²) in [5, 5.41) is 0. The number of likely N-dealkylation sites (N-methyl/N-ethyl adjacent to an activating group) is 1. The van der Waals surface area contributed by atoms with Crippen molar-refractivity contribution in [2.24, 2.45) is 0 Å². The first-order valence-corrected chi connectivity index (χ1v) is 6.65. The summed E-state index contributed by atoms with van der Waals surface area (Å²) in [5.41, 5.74) is 0. The normalized spacial score (nSPS) is 11.2. The molecule has 0 atom stereocenters. The quantitative estimate of drug-likeness (QED) is 0.482. The fourth-order valence-electron chi connectivity index (χ4n) is 1.43. The summed E-state index contributed by atoms with van der Waals surface area (Å²) >= 11 is 0. The number of unbranched alkanes of at least 4 members (excludes halogenated alkanes) is 2. The fourth-order valence-corrected chi connectivity index (χ4v) is 1.43. The van der Waals surface area contributed by atoms with Crippen molar-refractivity contribution >= 4 is 0 Å². The van der Waals surface area contributed by atoms with Crippen LogP contribution in [0.15, 0.2) is 0 Å². The van der Waals surface area contributed by atoms with Crippen molar-refractivity contribution in [1.29, 1.82) is 0 Å². The Labute approximate surface area is 101 Å². The Balaban J connectivity index is 3.06. The lowest BCUT2D eigenvalue weighted by Gasteiger charge is -2.16. The van der Waals surface area contributed by atoms with E-state index in [2.05, 4.69) is 25.8 Å². The maximum absolute atomic E-state index is 5.49. The minimum Gasteiger partial charge on any atom is -0.379 e. The molecule has 0 radical (unpaired) electrons. The highest BCUT2D eigenvalue weighted by Crippen LogP contribution is 1.95. The van der Waals surface area contributed by atoms with Gasteiger partial charge in [0.2, 0.25) is 0 Å². The van der Waals surface area contributed by atoms with Crippen LogP contribution in [0.4, 0.5) is 0 Å². The van der Waals surface area contributed by atoms with E-state index in [0.717, 1.165) is 39.4 Å². The van der Waals surface area contributed by atoms with Gasteiger partial charge in [0.05, 0.1) is 19.8 Å². The molecule has 0 unspecified atom stereocenters. The lowest BCUT2D eigenvalue weighted by atomic mass is 10.2. The van der Waals surface area contributed by atoms with E-state index in [9.17, 15) is 0 Å². The second kappa shape index (κ2) is 12.9. The summed E-state index contributed by atoms with van der Waals surface area (Å²) in [6.07, 6.45) is 5.00. The molecular weight excluding hydrogens is 202 g/mol. The van der Waals surface area contributed by atoms with Crippen molar-refractivity contribution in [1.82, 2.24) is 4.90 Å². The second-order valence-corrected chi connectivity index (χ2v) is 4.24. The van der Waals surface area contributed by atoms with Crippen molar-refractivity contribution < 1.29 is 9.47 Å². The molecule has 0 rings (SSSR count). The molecule has 3 heteroatoms. The highest BCUT2D eigenvalue weighted by atomic mass is 16.5. The molecule has 0 saturated heterocycles. The van der Waals surface area contributed by atoms with E-state index < -0.39 is 0 Å². The number of hydrogen-bond donors (Lipinski definition) is 0. The molecule has 0 aliphatic rings. The first-order chi connectivity index (χ1) is 7.81. The minimum absolute atomic E-state index is 0.725. The molecule has 0 saturated carbocycles. The summed E-state index contributed by atoms with van der Waals surface area (Å²) < 4.78 is 10.8. The molecule has 0 aromatic carbocycles. The average Bonchev–Trinajstić information content (AvgIpc) is 2.28. The van der Waals surface area contributed by atoms with E-state index in [4.69, 9.17) is 9.47 Å². The molecule has 0 aromatic heterocycles. The molecule has 3 nitrogen and oxygen atoms in total. The molecule has 0 fully saturated rings. The number of rotatable bonds is 12. The summed E-state index contributed by atoms with van der Waals surface area (Å²) in [7, 11) is 2.16. The van der Waals surface area contributed by atoms with Crippen LogP contribution in [0.1, 0.15) is 39.5 Å². The maximum atomic E-state index is 5.49. The number of hydrogen-bond acceptors (Lipinski definition) is 3. The van der Waals surface area contributed by atoms with Gasteiger partial charge < -0.3 is 14.4 Å². The third-order valence-corrected chi connectivity index (χ3v) is 2.48. The second-order valence-electron chi connectivity index (χ2n) is 4.24. The summed E-state index contributed by atoms with van der Waals surface area (Å²) in [6.45, 7) is 9.68. The average molecular weight is 231 g/mol. The van der Waals surface area contributed by atoms with E-state index >= 15 is 0 Å². The van der Waals surface area contributed by atoms with Crippen molar-refractivity contribution in [3.05, 3.63) is 0 Å². The molecule has 16 heavy (non-hydrogen) atoms. The summed E-state index contributed by atoms with van der Waals surface area (Å²) in [4.78, 5) is 2.34. The molecule has 0 bridgehead atoms. The van der Waals surface area contributed by atoms with Gasteiger partial charge in [-0.15, -0.1) is 0 Å². The van der Waals surface area contributed by atoms with E-state index in [1.54, 1.807) is 0 Å². The first-order valence-electron chi connectivity index (χ1n) is 6.65. The maximum Gasteiger partial charge on any atom is 0.0701 e. The van der Waals surface area contributed by atoms with Gasteiger partial charge in [0.1, 0.15) is 0 Å². The Morgan fingerprint density at radius 2 is 1.44 bits per heavy atom. The monoisotopic (exact) mass is 231 g/mol. The van der Waals surface area contributed by atoms with Crippen LogP contribution in [0, 0.1) is 0 Å². The van der Waals surface area contributed by atoms with Crippen molar-refractivity contribution in [2.75, 3.05) is 46.6 Å². The van der Waals surface area contributed by atoms with Crippen LogP contribution >= 0.6 is 0 Å². The standard InChI is InChI=1S/C13H29NO2/c1-4-6-7-8-14(3)9-11-16-13-12-15-10-5-2/h4-13H2,1-3H3. The Hall–Kier alpha value is -0.120. The van der Waals surface area contributed by atoms with Crippen LogP contribution in [0.5, 0.6) is 0 Å². The minimum atomic E-state index is 0.725. The van der Waals surface area contributed by atoms with Gasteiger partial charge in [0.15, 0.2) is 0 Å². The van der Waals surface area contributed by atoms with Gasteiger partial charge in [-0.1, -0.05) is 26.7 Å². The molecule has 0 heterocycles. The highest BCUT2D eigenvalue weighted by Gasteiger charge is 1.97. The molecule has 0 aliphatic heterocycles. The van der Waals surface area contributed by atoms with Crippen molar-refractivity contribution in [2.45, 2.75) is 39.5 Å². The highest BCUT2D eigenvalue weighted by molar-refractivity contribution is 4.50. The summed E-state index contributed by atoms with van der Waals surface area (Å²) in [6, 6.07) is 0. The molecule has 0 spiro atoms. The zero-order valence-corrected chi connectivity index (χ0v) is 11.3. The van der Waals surface area contributed by atoms with Gasteiger partial charge in [-0.05, 0) is 26.4 Å². The number of ether oxygens (including phenoxy) is 2. The lowest BCUT2D eigenvalue weighted by Crippen LogP contribution is -2.24. The molecule has 0 aliphatic carbocycles. The van der Waals surface area contributed by atoms with Gasteiger partial charge in [0, 0.05) is 13.2 Å². The molecule has 0 amide bonds. The van der Waals surface area contributed by atoms with Crippen molar-refractivity contribution in [3.8, 4) is 0 Å². The molecular formula is C13H29NO2. The van der Waals surface area contributed by atoms with E-state index in [0.29, 0.717) is 0 Å². The predicted molar refractivity (Wildman–Crippen MR) is 69.0 cm³/mol. The third kappa shape index (κ3) is 12.0. The van der Waals surface area contributed by atoms with Crippen LogP contribution in [-0.4, -0.2) is 51.5 Å². The third-order valence-electron chi connectivity index (χ3n) is 2.48. The molecule has 0 N–H and O–H groups in total. The van der Waals surface area contributed by atoms with Crippen molar-refractivity contribution in [3.63, 3.8) is 0 Å². The van der Waals surface area contributed by atoms with E-state index in [1.807, 2.05) is 0 Å². The van der Waals surface area contributed by atoms with Gasteiger partial charge in [-0.25, -0.2) is 0 Å². The number of nitrogens with zero attached hydrogens (tertiary/aromatic N) is 1. The van der Waals surface area contributed by atoms with Crippen LogP contribution < -0.4 is 0 Å². The van der Waals surface area contributed by atoms with Gasteiger partial charge >= 0.3 is 0 Å². The molecule has 0 aromatic rings.